The molecule has 5 nitrogen and oxygen atoms in total. The quantitative estimate of drug-likeness (QED) is 0.189. The summed E-state index contributed by atoms with van der Waals surface area (Å²) in [4.78, 5) is 15.3. The molecule has 2 heterocycles. The molecule has 0 amide bonds. The molecule has 2 saturated heterocycles. The molecule has 2 fully saturated rings. The Kier molecular flexibility index (Phi) is 37.5. The summed E-state index contributed by atoms with van der Waals surface area (Å²) in [6, 6.07) is 0. The van der Waals surface area contributed by atoms with Gasteiger partial charge in [-0.3, -0.25) is 0 Å². The molecule has 0 aromatic rings. The Hall–Kier alpha value is -0.910. The average Bonchev–Trinajstić information content (AvgIpc) is 2.95. The molecule has 5 heteroatoms. The summed E-state index contributed by atoms with van der Waals surface area (Å²) in [6.45, 7) is 22.2. The second-order valence-electron chi connectivity index (χ2n) is 9.46. The first-order chi connectivity index (χ1) is 17.7. The first-order valence-electron chi connectivity index (χ1n) is 15.5. The number of nitrogens with two attached hydrogens (primary N) is 1. The van der Waals surface area contributed by atoms with Gasteiger partial charge in [-0.2, -0.15) is 0 Å². The van der Waals surface area contributed by atoms with Gasteiger partial charge in [-0.1, -0.05) is 66.9 Å². The van der Waals surface area contributed by atoms with Crippen LogP contribution >= 0.6 is 0 Å². The molecule has 0 unspecified atom stereocenters. The molecular formula is C31H68N4O. The number of hydrogen-bond donors (Lipinski definition) is 2. The number of rotatable bonds is 14. The van der Waals surface area contributed by atoms with E-state index in [9.17, 15) is 4.79 Å². The fraction of sp³-hybridized carbons (Fsp3) is 0.903. The lowest BCUT2D eigenvalue weighted by molar-refractivity contribution is -0.107. The lowest BCUT2D eigenvalue weighted by Crippen LogP contribution is -2.33. The summed E-state index contributed by atoms with van der Waals surface area (Å²) >= 11 is 0. The van der Waals surface area contributed by atoms with Gasteiger partial charge in [0, 0.05) is 19.2 Å². The smallest absolute Gasteiger partial charge is 0.119 e. The molecular weight excluding hydrogens is 444 g/mol. The van der Waals surface area contributed by atoms with Crippen molar-refractivity contribution in [2.75, 3.05) is 53.4 Å². The van der Waals surface area contributed by atoms with Crippen molar-refractivity contribution in [3.8, 4) is 0 Å². The predicted octanol–water partition coefficient (Wildman–Crippen LogP) is 7.26. The minimum absolute atomic E-state index is 0.751. The van der Waals surface area contributed by atoms with Crippen molar-refractivity contribution in [1.29, 1.82) is 0 Å². The van der Waals surface area contributed by atoms with E-state index in [2.05, 4.69) is 34.4 Å². The normalized spacial score (nSPS) is 15.9. The number of allylic oxidation sites excluding steroid dienone is 1. The van der Waals surface area contributed by atoms with Crippen molar-refractivity contribution in [1.82, 2.24) is 15.1 Å². The Labute approximate surface area is 228 Å². The van der Waals surface area contributed by atoms with E-state index in [-0.39, 0.29) is 0 Å². The van der Waals surface area contributed by atoms with E-state index in [0.29, 0.717) is 0 Å². The van der Waals surface area contributed by atoms with Gasteiger partial charge in [0.05, 0.1) is 0 Å². The van der Waals surface area contributed by atoms with Gasteiger partial charge in [-0.15, -0.1) is 0 Å². The lowest BCUT2D eigenvalue weighted by Gasteiger charge is -2.30. The fourth-order valence-corrected chi connectivity index (χ4v) is 4.36. The fourth-order valence-electron chi connectivity index (χ4n) is 4.36. The average molecular weight is 513 g/mol. The SMILES string of the molecule is C=C(CCCCCN1CCCCC1)NC.CC.CC.CC1CCN(CCCCCCC=O)CC1.CN. The molecule has 0 saturated carbocycles. The summed E-state index contributed by atoms with van der Waals surface area (Å²) in [7, 11) is 3.45. The van der Waals surface area contributed by atoms with Crippen LogP contribution in [0.3, 0.4) is 0 Å². The Balaban J connectivity index is -0.000000501. The molecule has 2 aliphatic rings. The summed E-state index contributed by atoms with van der Waals surface area (Å²) in [5.41, 5.74) is 5.67. The van der Waals surface area contributed by atoms with Gasteiger partial charge in [0.15, 0.2) is 0 Å². The molecule has 36 heavy (non-hydrogen) atoms. The first-order valence-corrected chi connectivity index (χ1v) is 15.5. The van der Waals surface area contributed by atoms with Gasteiger partial charge in [-0.25, -0.2) is 0 Å². The first kappa shape index (κ1) is 39.6. The molecule has 218 valence electrons. The van der Waals surface area contributed by atoms with Gasteiger partial charge in [0.2, 0.25) is 0 Å². The highest BCUT2D eigenvalue weighted by atomic mass is 16.1. The third kappa shape index (κ3) is 27.7. The van der Waals surface area contributed by atoms with Crippen molar-refractivity contribution < 1.29 is 4.79 Å². The van der Waals surface area contributed by atoms with E-state index in [0.717, 1.165) is 31.5 Å². The summed E-state index contributed by atoms with van der Waals surface area (Å²) in [5.74, 6) is 0.939. The van der Waals surface area contributed by atoms with E-state index in [1.807, 2.05) is 34.7 Å². The second kappa shape index (κ2) is 34.1. The molecule has 0 bridgehead atoms. The second-order valence-corrected chi connectivity index (χ2v) is 9.46. The van der Waals surface area contributed by atoms with Crippen molar-refractivity contribution >= 4 is 6.29 Å². The van der Waals surface area contributed by atoms with Crippen LogP contribution in [0.25, 0.3) is 0 Å². The van der Waals surface area contributed by atoms with Gasteiger partial charge in [0.1, 0.15) is 6.29 Å². The van der Waals surface area contributed by atoms with Crippen LogP contribution < -0.4 is 11.1 Å². The van der Waals surface area contributed by atoms with Crippen molar-refractivity contribution in [3.63, 3.8) is 0 Å². The number of unbranched alkanes of at least 4 members (excludes halogenated alkanes) is 6. The number of aldehydes is 1. The maximum absolute atomic E-state index is 10.1. The number of likely N-dealkylation sites (tertiary alicyclic amines) is 2. The number of nitrogens with one attached hydrogen (secondary N) is 1. The van der Waals surface area contributed by atoms with E-state index in [1.165, 1.54) is 123 Å². The van der Waals surface area contributed by atoms with Crippen LogP contribution in [0.15, 0.2) is 12.3 Å². The van der Waals surface area contributed by atoms with Gasteiger partial charge in [0.25, 0.3) is 0 Å². The highest BCUT2D eigenvalue weighted by molar-refractivity contribution is 5.48. The maximum Gasteiger partial charge on any atom is 0.119 e. The predicted molar refractivity (Wildman–Crippen MR) is 164 cm³/mol. The Morgan fingerprint density at radius 1 is 0.806 bits per heavy atom. The highest BCUT2D eigenvalue weighted by Gasteiger charge is 2.14. The number of carbonyl (C=O) groups is 1. The summed E-state index contributed by atoms with van der Waals surface area (Å²) in [5, 5.41) is 3.10. The van der Waals surface area contributed by atoms with Crippen LogP contribution in [0.1, 0.15) is 125 Å². The zero-order valence-electron chi connectivity index (χ0n) is 25.9. The van der Waals surface area contributed by atoms with Crippen LogP contribution in [0.4, 0.5) is 0 Å². The molecule has 0 aromatic heterocycles. The minimum Gasteiger partial charge on any atom is -0.392 e. The van der Waals surface area contributed by atoms with E-state index >= 15 is 0 Å². The molecule has 3 N–H and O–H groups in total. The maximum atomic E-state index is 10.1. The van der Waals surface area contributed by atoms with E-state index in [4.69, 9.17) is 0 Å². The Morgan fingerprint density at radius 3 is 1.78 bits per heavy atom. The summed E-state index contributed by atoms with van der Waals surface area (Å²) in [6.07, 6.45) is 18.9. The van der Waals surface area contributed by atoms with Crippen LogP contribution in [-0.4, -0.2) is 69.4 Å². The molecule has 0 radical (unpaired) electrons. The molecule has 0 aromatic carbocycles. The van der Waals surface area contributed by atoms with Crippen LogP contribution in [0, 0.1) is 5.92 Å². The lowest BCUT2D eigenvalue weighted by atomic mass is 9.99. The van der Waals surface area contributed by atoms with Crippen LogP contribution in [-0.2, 0) is 4.79 Å². The zero-order valence-corrected chi connectivity index (χ0v) is 25.9. The molecule has 0 atom stereocenters. The zero-order chi connectivity index (χ0) is 27.9. The molecule has 2 rings (SSSR count). The Bertz CT molecular complexity index is 417. The van der Waals surface area contributed by atoms with Gasteiger partial charge in [-0.05, 0) is 110 Å². The van der Waals surface area contributed by atoms with Crippen molar-refractivity contribution in [3.05, 3.63) is 12.3 Å². The summed E-state index contributed by atoms with van der Waals surface area (Å²) < 4.78 is 0. The van der Waals surface area contributed by atoms with Gasteiger partial charge >= 0.3 is 0 Å². The monoisotopic (exact) mass is 513 g/mol. The standard InChI is InChI=1S/C13H26N2.C13H25NO.2C2H6.CH5N/c1-13(14-2)9-5-3-6-10-15-11-7-4-8-12-15;1-13-7-10-14(11-8-13)9-5-3-2-4-6-12-15;3*1-2/h14H,1,3-12H2,2H3;12-13H,2-11H2,1H3;2*1-2H3;2H2,1H3. The van der Waals surface area contributed by atoms with Gasteiger partial charge < -0.3 is 25.6 Å². The third-order valence-electron chi connectivity index (χ3n) is 6.68. The van der Waals surface area contributed by atoms with Crippen LogP contribution in [0.5, 0.6) is 0 Å². The molecule has 0 aliphatic carbocycles. The topological polar surface area (TPSA) is 61.6 Å². The largest absolute Gasteiger partial charge is 0.392 e. The molecule has 2 aliphatic heterocycles. The van der Waals surface area contributed by atoms with Crippen molar-refractivity contribution in [2.45, 2.75) is 125 Å². The van der Waals surface area contributed by atoms with Crippen molar-refractivity contribution in [2.24, 2.45) is 11.7 Å². The third-order valence-corrected chi connectivity index (χ3v) is 6.68. The minimum atomic E-state index is 0.751. The van der Waals surface area contributed by atoms with E-state index in [1.54, 1.807) is 0 Å². The van der Waals surface area contributed by atoms with E-state index < -0.39 is 0 Å². The highest BCUT2D eigenvalue weighted by Crippen LogP contribution is 2.16. The molecule has 0 spiro atoms. The number of hydrogen-bond acceptors (Lipinski definition) is 5. The number of carbonyl (C=O) groups excluding carboxylic acids is 1. The number of piperidine rings is 2. The number of nitrogens with zero attached hydrogens (tertiary/aromatic N) is 2. The Morgan fingerprint density at radius 2 is 1.28 bits per heavy atom. The van der Waals surface area contributed by atoms with Crippen LogP contribution in [0.2, 0.25) is 0 Å².